The summed E-state index contributed by atoms with van der Waals surface area (Å²) in [6.07, 6.45) is 1.96. The van der Waals surface area contributed by atoms with Crippen LogP contribution in [0.4, 0.5) is 0 Å². The minimum Gasteiger partial charge on any atom is -0.336 e. The van der Waals surface area contributed by atoms with E-state index in [2.05, 4.69) is 6.92 Å². The molecule has 0 spiro atoms. The molecule has 0 aliphatic carbocycles. The summed E-state index contributed by atoms with van der Waals surface area (Å²) < 4.78 is 27.1. The lowest BCUT2D eigenvalue weighted by Crippen LogP contribution is -2.50. The highest BCUT2D eigenvalue weighted by atomic mass is 35.5. The van der Waals surface area contributed by atoms with Crippen LogP contribution in [0.15, 0.2) is 53.4 Å². The summed E-state index contributed by atoms with van der Waals surface area (Å²) in [5, 5.41) is 0.576. The van der Waals surface area contributed by atoms with E-state index in [-0.39, 0.29) is 5.91 Å². The Hall–Kier alpha value is -1.89. The maximum Gasteiger partial charge on any atom is 0.253 e. The molecule has 0 bridgehead atoms. The number of benzene rings is 2. The number of halogens is 1. The lowest BCUT2D eigenvalue weighted by molar-refractivity contribution is 0.0698. The van der Waals surface area contributed by atoms with Crippen LogP contribution in [0.1, 0.15) is 29.3 Å². The van der Waals surface area contributed by atoms with Gasteiger partial charge >= 0.3 is 0 Å². The summed E-state index contributed by atoms with van der Waals surface area (Å²) >= 11 is 5.86. The minimum absolute atomic E-state index is 0.104. The van der Waals surface area contributed by atoms with E-state index in [1.54, 1.807) is 41.3 Å². The molecule has 0 atom stereocenters. The highest BCUT2D eigenvalue weighted by Crippen LogP contribution is 2.20. The van der Waals surface area contributed by atoms with Gasteiger partial charge in [0.2, 0.25) is 10.0 Å². The number of hydrogen-bond donors (Lipinski definition) is 0. The number of nitrogens with zero attached hydrogens (tertiary/aromatic N) is 2. The Morgan fingerprint density at radius 1 is 0.963 bits per heavy atom. The van der Waals surface area contributed by atoms with Gasteiger partial charge in [-0.2, -0.15) is 4.31 Å². The lowest BCUT2D eigenvalue weighted by Gasteiger charge is -2.34. The zero-order chi connectivity index (χ0) is 19.4. The normalized spacial score (nSPS) is 15.7. The van der Waals surface area contributed by atoms with Crippen molar-refractivity contribution in [2.24, 2.45) is 0 Å². The minimum atomic E-state index is -3.54. The number of sulfonamides is 1. The first-order valence-corrected chi connectivity index (χ1v) is 10.9. The number of carbonyl (C=O) groups is 1. The third-order valence-corrected chi connectivity index (χ3v) is 6.88. The van der Waals surface area contributed by atoms with Crippen molar-refractivity contribution in [3.05, 3.63) is 64.7 Å². The predicted octanol–water partition coefficient (Wildman–Crippen LogP) is 3.44. The summed E-state index contributed by atoms with van der Waals surface area (Å²) in [4.78, 5) is 14.5. The zero-order valence-electron chi connectivity index (χ0n) is 15.3. The van der Waals surface area contributed by atoms with Gasteiger partial charge < -0.3 is 4.90 Å². The van der Waals surface area contributed by atoms with E-state index >= 15 is 0 Å². The van der Waals surface area contributed by atoms with E-state index in [0.29, 0.717) is 41.7 Å². The van der Waals surface area contributed by atoms with E-state index in [1.807, 2.05) is 12.1 Å². The first-order valence-electron chi connectivity index (χ1n) is 9.06. The van der Waals surface area contributed by atoms with Crippen LogP contribution in [0.3, 0.4) is 0 Å². The van der Waals surface area contributed by atoms with Crippen molar-refractivity contribution in [3.63, 3.8) is 0 Å². The van der Waals surface area contributed by atoms with Gasteiger partial charge in [0, 0.05) is 36.8 Å². The van der Waals surface area contributed by atoms with Crippen LogP contribution < -0.4 is 0 Å². The second-order valence-electron chi connectivity index (χ2n) is 6.60. The molecule has 1 fully saturated rings. The Balaban J connectivity index is 1.65. The van der Waals surface area contributed by atoms with E-state index in [1.165, 1.54) is 4.31 Å². The molecule has 2 aromatic rings. The molecule has 1 heterocycles. The molecule has 1 aliphatic rings. The van der Waals surface area contributed by atoms with Crippen molar-refractivity contribution in [1.82, 2.24) is 9.21 Å². The van der Waals surface area contributed by atoms with Crippen molar-refractivity contribution in [2.75, 3.05) is 26.2 Å². The maximum atomic E-state index is 12.8. The molecule has 0 radical (unpaired) electrons. The predicted molar refractivity (Wildman–Crippen MR) is 107 cm³/mol. The van der Waals surface area contributed by atoms with E-state index in [4.69, 9.17) is 11.6 Å². The molecular formula is C20H23ClN2O3S. The van der Waals surface area contributed by atoms with Gasteiger partial charge in [-0.25, -0.2) is 8.42 Å². The fourth-order valence-electron chi connectivity index (χ4n) is 3.17. The number of rotatable bonds is 5. The largest absolute Gasteiger partial charge is 0.336 e. The number of carbonyl (C=O) groups excluding carboxylic acids is 1. The first-order chi connectivity index (χ1) is 12.9. The molecule has 0 saturated carbocycles. The van der Waals surface area contributed by atoms with Crippen LogP contribution in [-0.2, 0) is 16.4 Å². The highest BCUT2D eigenvalue weighted by molar-refractivity contribution is 7.89. The van der Waals surface area contributed by atoms with Crippen LogP contribution >= 0.6 is 11.6 Å². The van der Waals surface area contributed by atoms with E-state index < -0.39 is 10.0 Å². The molecule has 7 heteroatoms. The second-order valence-corrected chi connectivity index (χ2v) is 8.97. The third kappa shape index (κ3) is 4.51. The summed E-state index contributed by atoms with van der Waals surface area (Å²) in [6, 6.07) is 13.8. The Labute approximate surface area is 165 Å². The van der Waals surface area contributed by atoms with Gasteiger partial charge in [0.25, 0.3) is 5.91 Å². The molecule has 3 rings (SSSR count). The average molecular weight is 407 g/mol. The van der Waals surface area contributed by atoms with Crippen LogP contribution in [0.5, 0.6) is 0 Å². The Bertz CT molecular complexity index is 888. The smallest absolute Gasteiger partial charge is 0.253 e. The van der Waals surface area contributed by atoms with Gasteiger partial charge in [-0.15, -0.1) is 0 Å². The van der Waals surface area contributed by atoms with Crippen molar-refractivity contribution in [1.29, 1.82) is 0 Å². The van der Waals surface area contributed by atoms with Crippen molar-refractivity contribution < 1.29 is 13.2 Å². The van der Waals surface area contributed by atoms with Gasteiger partial charge in [0.05, 0.1) is 4.90 Å². The van der Waals surface area contributed by atoms with Gasteiger partial charge in [-0.1, -0.05) is 37.1 Å². The molecule has 1 amide bonds. The Morgan fingerprint density at radius 2 is 1.56 bits per heavy atom. The number of piperazine rings is 1. The summed E-state index contributed by atoms with van der Waals surface area (Å²) in [7, 11) is -3.54. The van der Waals surface area contributed by atoms with Gasteiger partial charge in [-0.3, -0.25) is 4.79 Å². The molecule has 1 aliphatic heterocycles. The lowest BCUT2D eigenvalue weighted by atomic mass is 10.1. The summed E-state index contributed by atoms with van der Waals surface area (Å²) in [5.41, 5.74) is 1.69. The van der Waals surface area contributed by atoms with Crippen LogP contribution in [-0.4, -0.2) is 49.7 Å². The van der Waals surface area contributed by atoms with Crippen LogP contribution in [0.2, 0.25) is 5.02 Å². The van der Waals surface area contributed by atoms with Gasteiger partial charge in [0.15, 0.2) is 0 Å². The first kappa shape index (κ1) is 19.9. The summed E-state index contributed by atoms with van der Waals surface area (Å²) in [6.45, 7) is 3.41. The molecule has 2 aromatic carbocycles. The zero-order valence-corrected chi connectivity index (χ0v) is 16.8. The highest BCUT2D eigenvalue weighted by Gasteiger charge is 2.30. The van der Waals surface area contributed by atoms with E-state index in [9.17, 15) is 13.2 Å². The van der Waals surface area contributed by atoms with Gasteiger partial charge in [0.1, 0.15) is 0 Å². The Kier molecular flexibility index (Phi) is 6.19. The van der Waals surface area contributed by atoms with Crippen molar-refractivity contribution in [2.45, 2.75) is 24.7 Å². The van der Waals surface area contributed by atoms with Crippen LogP contribution in [0, 0.1) is 0 Å². The molecule has 5 nitrogen and oxygen atoms in total. The molecule has 0 unspecified atom stereocenters. The fraction of sp³-hybridized carbons (Fsp3) is 0.350. The SMILES string of the molecule is CCCc1ccc(S(=O)(=O)N2CCN(C(=O)c3ccc(Cl)cc3)CC2)cc1. The molecular weight excluding hydrogens is 384 g/mol. The molecule has 27 heavy (non-hydrogen) atoms. The monoisotopic (exact) mass is 406 g/mol. The topological polar surface area (TPSA) is 57.7 Å². The number of amides is 1. The van der Waals surface area contributed by atoms with Crippen molar-refractivity contribution in [3.8, 4) is 0 Å². The maximum absolute atomic E-state index is 12.8. The average Bonchev–Trinajstić information content (AvgIpc) is 2.69. The molecule has 0 aromatic heterocycles. The van der Waals surface area contributed by atoms with E-state index in [0.717, 1.165) is 18.4 Å². The molecule has 1 saturated heterocycles. The van der Waals surface area contributed by atoms with Gasteiger partial charge in [-0.05, 0) is 48.4 Å². The molecule has 0 N–H and O–H groups in total. The van der Waals surface area contributed by atoms with Crippen molar-refractivity contribution >= 4 is 27.5 Å². The third-order valence-electron chi connectivity index (χ3n) is 4.72. The molecule has 144 valence electrons. The number of hydrogen-bond acceptors (Lipinski definition) is 3. The Morgan fingerprint density at radius 3 is 2.11 bits per heavy atom. The standard InChI is InChI=1S/C20H23ClN2O3S/c1-2-3-16-4-10-19(11-5-16)27(25,26)23-14-12-22(13-15-23)20(24)17-6-8-18(21)9-7-17/h4-11H,2-3,12-15H2,1H3. The fourth-order valence-corrected chi connectivity index (χ4v) is 4.72. The quantitative estimate of drug-likeness (QED) is 0.764. The van der Waals surface area contributed by atoms with Crippen LogP contribution in [0.25, 0.3) is 0 Å². The summed E-state index contributed by atoms with van der Waals surface area (Å²) in [5.74, 6) is -0.104. The number of aryl methyl sites for hydroxylation is 1. The second kappa shape index (κ2) is 8.42.